The molecule has 2 aromatic rings. The molecule has 0 atom stereocenters. The molecular formula is C19H23N3O3. The summed E-state index contributed by atoms with van der Waals surface area (Å²) in [6.07, 6.45) is 5.04. The van der Waals surface area contributed by atoms with Gasteiger partial charge in [-0.05, 0) is 57.6 Å². The molecule has 6 nitrogen and oxygen atoms in total. The zero-order valence-electron chi connectivity index (χ0n) is 14.9. The van der Waals surface area contributed by atoms with Crippen molar-refractivity contribution in [3.63, 3.8) is 0 Å². The van der Waals surface area contributed by atoms with Gasteiger partial charge in [0, 0.05) is 30.4 Å². The second kappa shape index (κ2) is 7.17. The second-order valence-corrected chi connectivity index (χ2v) is 6.54. The number of hydrogen-bond donors (Lipinski definition) is 1. The van der Waals surface area contributed by atoms with Crippen LogP contribution >= 0.6 is 0 Å². The van der Waals surface area contributed by atoms with Crippen molar-refractivity contribution in [1.82, 2.24) is 15.3 Å². The van der Waals surface area contributed by atoms with Crippen molar-refractivity contribution >= 4 is 5.91 Å². The van der Waals surface area contributed by atoms with Gasteiger partial charge in [0.25, 0.3) is 5.91 Å². The Bertz CT molecular complexity index is 845. The maximum absolute atomic E-state index is 12.4. The first-order chi connectivity index (χ1) is 12.0. The van der Waals surface area contributed by atoms with Crippen LogP contribution < -0.4 is 10.9 Å². The fourth-order valence-electron chi connectivity index (χ4n) is 3.43. The lowest BCUT2D eigenvalue weighted by atomic mass is 9.95. The minimum atomic E-state index is -0.440. The Balaban J connectivity index is 1.66. The molecular weight excluding hydrogens is 318 g/mol. The molecule has 25 heavy (non-hydrogen) atoms. The van der Waals surface area contributed by atoms with Crippen LogP contribution in [0.5, 0.6) is 0 Å². The zero-order valence-corrected chi connectivity index (χ0v) is 14.9. The number of carbonyl (C=O) groups is 1. The van der Waals surface area contributed by atoms with E-state index in [0.717, 1.165) is 30.1 Å². The van der Waals surface area contributed by atoms with Crippen molar-refractivity contribution in [3.05, 3.63) is 56.1 Å². The number of amides is 1. The third-order valence-corrected chi connectivity index (χ3v) is 4.63. The van der Waals surface area contributed by atoms with E-state index in [4.69, 9.17) is 4.42 Å². The van der Waals surface area contributed by atoms with Crippen molar-refractivity contribution in [2.24, 2.45) is 0 Å². The Hall–Kier alpha value is -2.50. The molecule has 0 fully saturated rings. The molecule has 132 valence electrons. The predicted octanol–water partition coefficient (Wildman–Crippen LogP) is 2.21. The van der Waals surface area contributed by atoms with Crippen molar-refractivity contribution in [1.29, 1.82) is 0 Å². The van der Waals surface area contributed by atoms with E-state index >= 15 is 0 Å². The summed E-state index contributed by atoms with van der Waals surface area (Å²) in [5.41, 5.74) is 4.11. The van der Waals surface area contributed by atoms with E-state index in [1.807, 2.05) is 6.92 Å². The van der Waals surface area contributed by atoms with Gasteiger partial charge in [-0.2, -0.15) is 0 Å². The maximum atomic E-state index is 12.4. The lowest BCUT2D eigenvalue weighted by Crippen LogP contribution is -2.28. The fraction of sp³-hybridized carbons (Fsp3) is 0.474. The molecule has 1 aliphatic carbocycles. The van der Waals surface area contributed by atoms with Crippen molar-refractivity contribution in [2.45, 2.75) is 52.9 Å². The van der Waals surface area contributed by atoms with Gasteiger partial charge < -0.3 is 9.73 Å². The number of hydrogen-bond acceptors (Lipinski definition) is 5. The quantitative estimate of drug-likeness (QED) is 0.921. The highest BCUT2D eigenvalue weighted by atomic mass is 16.4. The van der Waals surface area contributed by atoms with Crippen LogP contribution in [-0.2, 0) is 19.3 Å². The number of aromatic nitrogens is 2. The molecule has 0 aliphatic heterocycles. The molecule has 3 rings (SSSR count). The van der Waals surface area contributed by atoms with Crippen LogP contribution in [0.2, 0.25) is 0 Å². The van der Waals surface area contributed by atoms with Gasteiger partial charge in [-0.3, -0.25) is 4.79 Å². The second-order valence-electron chi connectivity index (χ2n) is 6.54. The van der Waals surface area contributed by atoms with Crippen LogP contribution in [0.25, 0.3) is 0 Å². The van der Waals surface area contributed by atoms with E-state index in [9.17, 15) is 9.59 Å². The minimum Gasteiger partial charge on any atom is -0.427 e. The summed E-state index contributed by atoms with van der Waals surface area (Å²) in [6, 6.07) is 1.33. The van der Waals surface area contributed by atoms with Crippen molar-refractivity contribution in [3.8, 4) is 0 Å². The lowest BCUT2D eigenvalue weighted by Gasteiger charge is -2.17. The summed E-state index contributed by atoms with van der Waals surface area (Å²) in [7, 11) is 0. The van der Waals surface area contributed by atoms with Gasteiger partial charge in [-0.1, -0.05) is 0 Å². The highest BCUT2D eigenvalue weighted by Crippen LogP contribution is 2.21. The average Bonchev–Trinajstić information content (AvgIpc) is 2.54. The van der Waals surface area contributed by atoms with Crippen LogP contribution in [0.15, 0.2) is 15.3 Å². The number of carbonyl (C=O) groups excluding carboxylic acids is 1. The normalized spacial score (nSPS) is 13.4. The van der Waals surface area contributed by atoms with E-state index in [1.54, 1.807) is 13.8 Å². The molecule has 1 N–H and O–H groups in total. The van der Waals surface area contributed by atoms with Crippen LogP contribution in [-0.4, -0.2) is 22.4 Å². The highest BCUT2D eigenvalue weighted by Gasteiger charge is 2.17. The summed E-state index contributed by atoms with van der Waals surface area (Å²) in [5.74, 6) is 0.864. The smallest absolute Gasteiger partial charge is 0.336 e. The van der Waals surface area contributed by atoms with Crippen LogP contribution in [0.4, 0.5) is 0 Å². The summed E-state index contributed by atoms with van der Waals surface area (Å²) in [4.78, 5) is 32.9. The fourth-order valence-corrected chi connectivity index (χ4v) is 3.43. The lowest BCUT2D eigenvalue weighted by molar-refractivity contribution is 0.0949. The van der Waals surface area contributed by atoms with Crippen molar-refractivity contribution < 1.29 is 9.21 Å². The third-order valence-electron chi connectivity index (χ3n) is 4.63. The predicted molar refractivity (Wildman–Crippen MR) is 93.9 cm³/mol. The first-order valence-electron chi connectivity index (χ1n) is 8.70. The standard InChI is InChI=1S/C19H23N3O3/c1-11-10-17(23)25-13(3)18(11)19(24)20-9-8-16-21-12(2)14-6-4-5-7-15(14)22-16/h10H,4-9H2,1-3H3,(H,20,24). The Morgan fingerprint density at radius 2 is 1.96 bits per heavy atom. The number of nitrogens with zero attached hydrogens (tertiary/aromatic N) is 2. The molecule has 6 heteroatoms. The summed E-state index contributed by atoms with van der Waals surface area (Å²) in [6.45, 7) is 5.83. The molecule has 2 heterocycles. The molecule has 0 spiro atoms. The van der Waals surface area contributed by atoms with Crippen LogP contribution in [0, 0.1) is 20.8 Å². The zero-order chi connectivity index (χ0) is 18.0. The summed E-state index contributed by atoms with van der Waals surface area (Å²) >= 11 is 0. The number of aryl methyl sites for hydroxylation is 4. The van der Waals surface area contributed by atoms with Gasteiger partial charge in [-0.15, -0.1) is 0 Å². The molecule has 0 bridgehead atoms. The largest absolute Gasteiger partial charge is 0.427 e. The molecule has 0 radical (unpaired) electrons. The first kappa shape index (κ1) is 17.3. The van der Waals surface area contributed by atoms with E-state index in [2.05, 4.69) is 15.3 Å². The van der Waals surface area contributed by atoms with E-state index < -0.39 is 5.63 Å². The monoisotopic (exact) mass is 341 g/mol. The molecule has 1 aliphatic rings. The first-order valence-corrected chi connectivity index (χ1v) is 8.70. The maximum Gasteiger partial charge on any atom is 0.336 e. The van der Waals surface area contributed by atoms with E-state index in [1.165, 1.54) is 24.5 Å². The molecule has 0 saturated heterocycles. The van der Waals surface area contributed by atoms with Gasteiger partial charge in [0.05, 0.1) is 5.56 Å². The molecule has 0 unspecified atom stereocenters. The SMILES string of the molecule is Cc1cc(=O)oc(C)c1C(=O)NCCc1nc(C)c2c(n1)CCCC2. The Morgan fingerprint density at radius 3 is 2.72 bits per heavy atom. The highest BCUT2D eigenvalue weighted by molar-refractivity contribution is 5.96. The van der Waals surface area contributed by atoms with Crippen LogP contribution in [0.1, 0.15) is 57.3 Å². The Morgan fingerprint density at radius 1 is 1.20 bits per heavy atom. The number of nitrogens with one attached hydrogen (secondary N) is 1. The summed E-state index contributed by atoms with van der Waals surface area (Å²) in [5, 5.41) is 2.87. The molecule has 1 amide bonds. The van der Waals surface area contributed by atoms with Gasteiger partial charge in [0.15, 0.2) is 0 Å². The molecule has 0 saturated carbocycles. The van der Waals surface area contributed by atoms with Crippen molar-refractivity contribution in [2.75, 3.05) is 6.54 Å². The van der Waals surface area contributed by atoms with Gasteiger partial charge >= 0.3 is 5.63 Å². The van der Waals surface area contributed by atoms with Crippen LogP contribution in [0.3, 0.4) is 0 Å². The average molecular weight is 341 g/mol. The minimum absolute atomic E-state index is 0.242. The van der Waals surface area contributed by atoms with Gasteiger partial charge in [0.1, 0.15) is 11.6 Å². The van der Waals surface area contributed by atoms with Gasteiger partial charge in [-0.25, -0.2) is 14.8 Å². The molecule has 0 aromatic carbocycles. The number of rotatable bonds is 4. The van der Waals surface area contributed by atoms with E-state index in [0.29, 0.717) is 29.9 Å². The Labute approximate surface area is 146 Å². The third kappa shape index (κ3) is 3.78. The Kier molecular flexibility index (Phi) is 4.97. The van der Waals surface area contributed by atoms with E-state index in [-0.39, 0.29) is 5.91 Å². The number of fused-ring (bicyclic) bond motifs is 1. The summed E-state index contributed by atoms with van der Waals surface area (Å²) < 4.78 is 5.01. The molecule has 2 aromatic heterocycles. The topological polar surface area (TPSA) is 85.1 Å². The van der Waals surface area contributed by atoms with Gasteiger partial charge in [0.2, 0.25) is 0 Å².